The van der Waals surface area contributed by atoms with E-state index in [2.05, 4.69) is 16.8 Å². The zero-order chi connectivity index (χ0) is 21.4. The van der Waals surface area contributed by atoms with Crippen molar-refractivity contribution in [3.63, 3.8) is 0 Å². The van der Waals surface area contributed by atoms with Crippen molar-refractivity contribution in [3.8, 4) is 11.8 Å². The Morgan fingerprint density at radius 1 is 1.29 bits per heavy atom. The molecule has 5 rings (SSSR count). The smallest absolute Gasteiger partial charge is 0.343 e. The predicted octanol–water partition coefficient (Wildman–Crippen LogP) is 4.40. The number of nitrogens with zero attached hydrogens (tertiary/aromatic N) is 1. The van der Waals surface area contributed by atoms with Gasteiger partial charge >= 0.3 is 11.6 Å². The zero-order valence-corrected chi connectivity index (χ0v) is 17.1. The quantitative estimate of drug-likeness (QED) is 0.362. The summed E-state index contributed by atoms with van der Waals surface area (Å²) in [5.74, 6) is 6.48. The van der Waals surface area contributed by atoms with E-state index >= 15 is 0 Å². The number of carbonyl (C=O) groups excluding carboxylic acids is 1. The molecule has 3 unspecified atom stereocenters. The van der Waals surface area contributed by atoms with Crippen LogP contribution in [-0.4, -0.2) is 17.6 Å². The minimum absolute atomic E-state index is 0.104. The Morgan fingerprint density at radius 3 is 3.00 bits per heavy atom. The summed E-state index contributed by atoms with van der Waals surface area (Å²) >= 11 is 0. The van der Waals surface area contributed by atoms with Crippen LogP contribution in [0.1, 0.15) is 48.1 Å². The van der Waals surface area contributed by atoms with E-state index in [4.69, 9.17) is 9.15 Å². The van der Waals surface area contributed by atoms with Gasteiger partial charge in [0.2, 0.25) is 0 Å². The summed E-state index contributed by atoms with van der Waals surface area (Å²) in [4.78, 5) is 29.2. The molecule has 154 valence electrons. The summed E-state index contributed by atoms with van der Waals surface area (Å²) in [5.41, 5.74) is 3.16. The Kier molecular flexibility index (Phi) is 4.91. The molecule has 1 fully saturated rings. The number of hydrogen-bond acceptors (Lipinski definition) is 5. The molecule has 0 aliphatic heterocycles. The molecule has 2 aliphatic rings. The fourth-order valence-electron chi connectivity index (χ4n) is 4.46. The molecule has 0 radical (unpaired) electrons. The second kappa shape index (κ2) is 7.88. The van der Waals surface area contributed by atoms with E-state index in [0.717, 1.165) is 35.0 Å². The highest BCUT2D eigenvalue weighted by Crippen LogP contribution is 2.58. The molecule has 2 aliphatic carbocycles. The average Bonchev–Trinajstić information content (AvgIpc) is 3.47. The molecule has 0 spiro atoms. The summed E-state index contributed by atoms with van der Waals surface area (Å²) in [6, 6.07) is 11.3. The zero-order valence-electron chi connectivity index (χ0n) is 17.1. The van der Waals surface area contributed by atoms with Crippen molar-refractivity contribution in [2.75, 3.05) is 6.61 Å². The highest BCUT2D eigenvalue weighted by Gasteiger charge is 2.56. The first-order valence-corrected chi connectivity index (χ1v) is 10.5. The van der Waals surface area contributed by atoms with Gasteiger partial charge in [0.05, 0.1) is 23.8 Å². The van der Waals surface area contributed by atoms with E-state index in [1.807, 2.05) is 43.3 Å². The van der Waals surface area contributed by atoms with Crippen molar-refractivity contribution in [3.05, 3.63) is 75.4 Å². The van der Waals surface area contributed by atoms with Gasteiger partial charge in [-0.15, -0.1) is 0 Å². The van der Waals surface area contributed by atoms with Gasteiger partial charge in [0.25, 0.3) is 0 Å². The van der Waals surface area contributed by atoms with Crippen LogP contribution in [0.25, 0.3) is 23.1 Å². The molecule has 1 saturated carbocycles. The van der Waals surface area contributed by atoms with Crippen molar-refractivity contribution >= 4 is 29.1 Å². The standard InChI is InChI=1S/C26H21NO4/c1-2-30-26(29)24-20-9-4-3-7-16-15-22-18(14-21(16)23(20)24)13-17(25(28)31-22)10-11-19-8-5-6-12-27-19/h5-6,8,10-15,20,23-24H,2,4,9H2,1H3/b11-10+. The molecule has 0 saturated heterocycles. The third-order valence-corrected chi connectivity index (χ3v) is 5.96. The molecule has 1 aromatic carbocycles. The maximum Gasteiger partial charge on any atom is 0.343 e. The van der Waals surface area contributed by atoms with Gasteiger partial charge in [-0.05, 0) is 67.3 Å². The number of aromatic nitrogens is 1. The number of fused-ring (bicyclic) bond motifs is 4. The number of ether oxygens (including phenoxy) is 1. The normalized spacial score (nSPS) is 21.4. The van der Waals surface area contributed by atoms with Crippen molar-refractivity contribution in [1.82, 2.24) is 4.98 Å². The van der Waals surface area contributed by atoms with Gasteiger partial charge in [-0.1, -0.05) is 17.9 Å². The lowest BCUT2D eigenvalue weighted by molar-refractivity contribution is -0.145. The van der Waals surface area contributed by atoms with Crippen LogP contribution in [0.5, 0.6) is 0 Å². The second-order valence-corrected chi connectivity index (χ2v) is 7.86. The monoisotopic (exact) mass is 411 g/mol. The van der Waals surface area contributed by atoms with Crippen LogP contribution in [0.15, 0.2) is 51.8 Å². The average molecular weight is 411 g/mol. The largest absolute Gasteiger partial charge is 0.466 e. The lowest BCUT2D eigenvalue weighted by Crippen LogP contribution is -2.08. The molecule has 2 aromatic heterocycles. The third kappa shape index (κ3) is 3.66. The lowest BCUT2D eigenvalue weighted by Gasteiger charge is -2.09. The van der Waals surface area contributed by atoms with Gasteiger partial charge in [0, 0.05) is 29.5 Å². The van der Waals surface area contributed by atoms with Gasteiger partial charge in [-0.3, -0.25) is 9.78 Å². The maximum absolute atomic E-state index is 12.5. The fraction of sp³-hybridized carbons (Fsp3) is 0.269. The molecule has 5 nitrogen and oxygen atoms in total. The van der Waals surface area contributed by atoms with E-state index in [0.29, 0.717) is 17.8 Å². The molecule has 5 heteroatoms. The van der Waals surface area contributed by atoms with Crippen molar-refractivity contribution in [2.45, 2.75) is 25.7 Å². The van der Waals surface area contributed by atoms with Gasteiger partial charge < -0.3 is 9.15 Å². The van der Waals surface area contributed by atoms with Crippen molar-refractivity contribution in [1.29, 1.82) is 0 Å². The van der Waals surface area contributed by atoms with Crippen LogP contribution in [0, 0.1) is 23.7 Å². The summed E-state index contributed by atoms with van der Waals surface area (Å²) in [6.07, 6.45) is 6.83. The number of benzene rings is 1. The highest BCUT2D eigenvalue weighted by atomic mass is 16.5. The second-order valence-electron chi connectivity index (χ2n) is 7.86. The van der Waals surface area contributed by atoms with Crippen LogP contribution in [0.2, 0.25) is 0 Å². The fourth-order valence-corrected chi connectivity index (χ4v) is 4.46. The molecule has 3 atom stereocenters. The molecular formula is C26H21NO4. The summed E-state index contributed by atoms with van der Waals surface area (Å²) < 4.78 is 10.9. The van der Waals surface area contributed by atoms with E-state index in [9.17, 15) is 9.59 Å². The van der Waals surface area contributed by atoms with Gasteiger partial charge in [-0.2, -0.15) is 0 Å². The molecule has 0 amide bonds. The lowest BCUT2D eigenvalue weighted by atomic mass is 9.96. The summed E-state index contributed by atoms with van der Waals surface area (Å²) in [7, 11) is 0. The van der Waals surface area contributed by atoms with Gasteiger partial charge in [0.1, 0.15) is 5.58 Å². The molecule has 2 heterocycles. The maximum atomic E-state index is 12.5. The SMILES string of the molecule is CCOC(=O)C1C2CCC#Cc3cc4oc(=O)c(/C=C/c5ccccn5)cc4cc3C21. The van der Waals surface area contributed by atoms with Crippen LogP contribution in [0.4, 0.5) is 0 Å². The Labute approximate surface area is 179 Å². The van der Waals surface area contributed by atoms with E-state index in [1.54, 1.807) is 18.3 Å². The van der Waals surface area contributed by atoms with E-state index < -0.39 is 5.63 Å². The summed E-state index contributed by atoms with van der Waals surface area (Å²) in [5, 5.41) is 0.814. The first-order chi connectivity index (χ1) is 15.2. The first-order valence-electron chi connectivity index (χ1n) is 10.5. The van der Waals surface area contributed by atoms with E-state index in [-0.39, 0.29) is 23.7 Å². The third-order valence-electron chi connectivity index (χ3n) is 5.96. The van der Waals surface area contributed by atoms with Crippen LogP contribution < -0.4 is 5.63 Å². The minimum atomic E-state index is -0.410. The first kappa shape index (κ1) is 19.3. The van der Waals surface area contributed by atoms with E-state index in [1.165, 1.54) is 0 Å². The Hall–Kier alpha value is -3.65. The summed E-state index contributed by atoms with van der Waals surface area (Å²) in [6.45, 7) is 2.21. The minimum Gasteiger partial charge on any atom is -0.466 e. The molecule has 0 bridgehead atoms. The highest BCUT2D eigenvalue weighted by molar-refractivity contribution is 5.85. The Bertz CT molecular complexity index is 1310. The predicted molar refractivity (Wildman–Crippen MR) is 118 cm³/mol. The molecule has 31 heavy (non-hydrogen) atoms. The van der Waals surface area contributed by atoms with Crippen LogP contribution in [-0.2, 0) is 9.53 Å². The molecular weight excluding hydrogens is 390 g/mol. The number of esters is 1. The number of pyridine rings is 1. The van der Waals surface area contributed by atoms with Crippen LogP contribution in [0.3, 0.4) is 0 Å². The number of carbonyl (C=O) groups is 1. The van der Waals surface area contributed by atoms with Crippen LogP contribution >= 0.6 is 0 Å². The van der Waals surface area contributed by atoms with Gasteiger partial charge in [-0.25, -0.2) is 4.79 Å². The topological polar surface area (TPSA) is 69.4 Å². The number of hydrogen-bond donors (Lipinski definition) is 0. The van der Waals surface area contributed by atoms with Gasteiger partial charge in [0.15, 0.2) is 0 Å². The van der Waals surface area contributed by atoms with Crippen molar-refractivity contribution in [2.24, 2.45) is 11.8 Å². The Morgan fingerprint density at radius 2 is 2.19 bits per heavy atom. The number of rotatable bonds is 4. The van der Waals surface area contributed by atoms with Crippen molar-refractivity contribution < 1.29 is 13.9 Å². The molecule has 0 N–H and O–H groups in total. The Balaban J connectivity index is 1.56. The molecule has 3 aromatic rings.